The third-order valence-corrected chi connectivity index (χ3v) is 7.11. The van der Waals surface area contributed by atoms with E-state index in [2.05, 4.69) is 51.1 Å². The second kappa shape index (κ2) is 8.76. The van der Waals surface area contributed by atoms with Crippen LogP contribution in [0.1, 0.15) is 61.6 Å². The number of nitrogens with zero attached hydrogens (tertiary/aromatic N) is 2. The van der Waals surface area contributed by atoms with E-state index in [-0.39, 0.29) is 5.91 Å². The molecule has 1 aliphatic heterocycles. The molecule has 1 unspecified atom stereocenters. The molecule has 4 nitrogen and oxygen atoms in total. The van der Waals surface area contributed by atoms with Gasteiger partial charge in [0.05, 0.1) is 15.2 Å². The monoisotopic (exact) mass is 422 g/mol. The molecule has 0 N–H and O–H groups in total. The number of piperidine rings is 1. The second-order valence-electron chi connectivity index (χ2n) is 8.58. The lowest BCUT2D eigenvalue weighted by Crippen LogP contribution is -2.44. The fourth-order valence-corrected chi connectivity index (χ4v) is 5.27. The van der Waals surface area contributed by atoms with Gasteiger partial charge in [0.2, 0.25) is 0 Å². The van der Waals surface area contributed by atoms with E-state index in [1.54, 1.807) is 11.3 Å². The van der Waals surface area contributed by atoms with Crippen LogP contribution in [0.3, 0.4) is 0 Å². The summed E-state index contributed by atoms with van der Waals surface area (Å²) in [6.45, 7) is 9.74. The average Bonchev–Trinajstić information content (AvgIpc) is 3.17. The van der Waals surface area contributed by atoms with E-state index < -0.39 is 6.10 Å². The highest BCUT2D eigenvalue weighted by atomic mass is 32.1. The summed E-state index contributed by atoms with van der Waals surface area (Å²) in [7, 11) is 0. The van der Waals surface area contributed by atoms with Crippen molar-refractivity contribution < 1.29 is 9.53 Å². The topological polar surface area (TPSA) is 42.4 Å². The summed E-state index contributed by atoms with van der Waals surface area (Å²) in [6.07, 6.45) is 1.43. The predicted octanol–water partition coefficient (Wildman–Crippen LogP) is 5.90. The number of hydrogen-bond acceptors (Lipinski definition) is 4. The third kappa shape index (κ3) is 4.36. The molecule has 0 spiro atoms. The average molecular weight is 423 g/mol. The van der Waals surface area contributed by atoms with Crippen LogP contribution in [0.15, 0.2) is 42.5 Å². The molecule has 0 saturated carbocycles. The zero-order valence-corrected chi connectivity index (χ0v) is 19.0. The highest BCUT2D eigenvalue weighted by Gasteiger charge is 2.29. The molecule has 0 bridgehead atoms. The quantitative estimate of drug-likeness (QED) is 0.514. The van der Waals surface area contributed by atoms with E-state index in [1.165, 1.54) is 9.71 Å². The Morgan fingerprint density at radius 3 is 2.57 bits per heavy atom. The van der Waals surface area contributed by atoms with Crippen LogP contribution in [0, 0.1) is 6.92 Å². The summed E-state index contributed by atoms with van der Waals surface area (Å²) in [5.74, 6) is 1.70. The first-order valence-electron chi connectivity index (χ1n) is 10.8. The Labute approximate surface area is 182 Å². The second-order valence-corrected chi connectivity index (χ2v) is 9.64. The number of hydrogen-bond donors (Lipinski definition) is 0. The molecule has 2 aromatic carbocycles. The minimum Gasteiger partial charge on any atom is -0.481 e. The van der Waals surface area contributed by atoms with Gasteiger partial charge in [-0.05, 0) is 61.9 Å². The SMILES string of the molecule is Cc1ccc(C(C)C)c(OC(C)C(=O)N2CCC(c3nc4ccccc4s3)CC2)c1. The van der Waals surface area contributed by atoms with Gasteiger partial charge in [0.15, 0.2) is 6.10 Å². The molecule has 158 valence electrons. The van der Waals surface area contributed by atoms with Gasteiger partial charge in [0, 0.05) is 19.0 Å². The van der Waals surface area contributed by atoms with E-state index in [1.807, 2.05) is 24.0 Å². The fraction of sp³-hybridized carbons (Fsp3) is 0.440. The smallest absolute Gasteiger partial charge is 0.263 e. The highest BCUT2D eigenvalue weighted by Crippen LogP contribution is 2.34. The van der Waals surface area contributed by atoms with E-state index >= 15 is 0 Å². The van der Waals surface area contributed by atoms with Crippen LogP contribution >= 0.6 is 11.3 Å². The normalized spacial score (nSPS) is 16.2. The molecule has 0 radical (unpaired) electrons. The molecule has 1 aromatic heterocycles. The van der Waals surface area contributed by atoms with E-state index in [0.717, 1.165) is 48.3 Å². The Hall–Kier alpha value is -2.40. The molecule has 2 heterocycles. The lowest BCUT2D eigenvalue weighted by Gasteiger charge is -2.33. The zero-order valence-electron chi connectivity index (χ0n) is 18.2. The number of thiazole rings is 1. The van der Waals surface area contributed by atoms with Gasteiger partial charge >= 0.3 is 0 Å². The highest BCUT2D eigenvalue weighted by molar-refractivity contribution is 7.18. The molecule has 1 atom stereocenters. The number of aromatic nitrogens is 1. The summed E-state index contributed by atoms with van der Waals surface area (Å²) in [5, 5.41) is 1.20. The number of aryl methyl sites for hydroxylation is 1. The van der Waals surface area contributed by atoms with Crippen LogP contribution in [0.25, 0.3) is 10.2 Å². The van der Waals surface area contributed by atoms with Crippen LogP contribution in [-0.4, -0.2) is 35.0 Å². The standard InChI is InChI=1S/C25H30N2O2S/c1-16(2)20-10-9-17(3)15-22(20)29-18(4)25(28)27-13-11-19(12-14-27)24-26-21-7-5-6-8-23(21)30-24/h5-10,15-16,18-19H,11-14H2,1-4H3. The van der Waals surface area contributed by atoms with Crippen molar-refractivity contribution in [1.82, 2.24) is 9.88 Å². The van der Waals surface area contributed by atoms with Crippen LogP contribution in [0.5, 0.6) is 5.75 Å². The molecule has 1 saturated heterocycles. The van der Waals surface area contributed by atoms with Gasteiger partial charge in [0.1, 0.15) is 5.75 Å². The maximum Gasteiger partial charge on any atom is 0.263 e. The Bertz CT molecular complexity index is 1000. The summed E-state index contributed by atoms with van der Waals surface area (Å²) >= 11 is 1.79. The van der Waals surface area contributed by atoms with E-state index in [0.29, 0.717) is 11.8 Å². The van der Waals surface area contributed by atoms with Gasteiger partial charge in [-0.15, -0.1) is 11.3 Å². The first-order chi connectivity index (χ1) is 14.4. The van der Waals surface area contributed by atoms with Crippen LogP contribution in [-0.2, 0) is 4.79 Å². The number of ether oxygens (including phenoxy) is 1. The predicted molar refractivity (Wildman–Crippen MR) is 124 cm³/mol. The maximum absolute atomic E-state index is 13.0. The van der Waals surface area contributed by atoms with Crippen LogP contribution in [0.2, 0.25) is 0 Å². The summed E-state index contributed by atoms with van der Waals surface area (Å²) in [6, 6.07) is 14.5. The summed E-state index contributed by atoms with van der Waals surface area (Å²) in [4.78, 5) is 19.8. The van der Waals surface area contributed by atoms with Crippen molar-refractivity contribution >= 4 is 27.5 Å². The molecule has 1 fully saturated rings. The van der Waals surface area contributed by atoms with Crippen molar-refractivity contribution in [2.24, 2.45) is 0 Å². The Balaban J connectivity index is 1.39. The van der Waals surface area contributed by atoms with Gasteiger partial charge < -0.3 is 9.64 Å². The van der Waals surface area contributed by atoms with Gasteiger partial charge in [-0.3, -0.25) is 4.79 Å². The van der Waals surface area contributed by atoms with Crippen molar-refractivity contribution in [2.45, 2.75) is 58.5 Å². The molecule has 1 amide bonds. The molecule has 5 heteroatoms. The number of para-hydroxylation sites is 1. The fourth-order valence-electron chi connectivity index (χ4n) is 4.13. The first-order valence-corrected chi connectivity index (χ1v) is 11.7. The van der Waals surface area contributed by atoms with Crippen molar-refractivity contribution in [3.05, 3.63) is 58.6 Å². The van der Waals surface area contributed by atoms with Gasteiger partial charge in [-0.25, -0.2) is 4.98 Å². The number of likely N-dealkylation sites (tertiary alicyclic amines) is 1. The Morgan fingerprint density at radius 2 is 1.87 bits per heavy atom. The third-order valence-electron chi connectivity index (χ3n) is 5.91. The Kier molecular flexibility index (Phi) is 6.09. The van der Waals surface area contributed by atoms with Crippen molar-refractivity contribution in [3.63, 3.8) is 0 Å². The number of carbonyl (C=O) groups is 1. The molecular weight excluding hydrogens is 392 g/mol. The molecule has 4 rings (SSSR count). The van der Waals surface area contributed by atoms with E-state index in [9.17, 15) is 4.79 Å². The lowest BCUT2D eigenvalue weighted by molar-refractivity contribution is -0.139. The molecule has 30 heavy (non-hydrogen) atoms. The van der Waals surface area contributed by atoms with E-state index in [4.69, 9.17) is 9.72 Å². The molecular formula is C25H30N2O2S. The molecule has 3 aromatic rings. The lowest BCUT2D eigenvalue weighted by atomic mass is 9.97. The number of benzene rings is 2. The van der Waals surface area contributed by atoms with Crippen LogP contribution in [0.4, 0.5) is 0 Å². The van der Waals surface area contributed by atoms with Crippen molar-refractivity contribution in [3.8, 4) is 5.75 Å². The number of fused-ring (bicyclic) bond motifs is 1. The van der Waals surface area contributed by atoms with Crippen LogP contribution < -0.4 is 4.74 Å². The van der Waals surface area contributed by atoms with Crippen molar-refractivity contribution in [2.75, 3.05) is 13.1 Å². The summed E-state index contributed by atoms with van der Waals surface area (Å²) < 4.78 is 7.40. The number of amides is 1. The minimum atomic E-state index is -0.483. The largest absolute Gasteiger partial charge is 0.481 e. The maximum atomic E-state index is 13.0. The molecule has 0 aliphatic carbocycles. The van der Waals surface area contributed by atoms with Gasteiger partial charge in [-0.2, -0.15) is 0 Å². The first kappa shape index (κ1) is 20.9. The van der Waals surface area contributed by atoms with Crippen molar-refractivity contribution in [1.29, 1.82) is 0 Å². The van der Waals surface area contributed by atoms with Gasteiger partial charge in [-0.1, -0.05) is 38.1 Å². The zero-order chi connectivity index (χ0) is 21.3. The number of carbonyl (C=O) groups excluding carboxylic acids is 1. The molecule has 1 aliphatic rings. The minimum absolute atomic E-state index is 0.0777. The number of rotatable bonds is 5. The van der Waals surface area contributed by atoms with Gasteiger partial charge in [0.25, 0.3) is 5.91 Å². The Morgan fingerprint density at radius 1 is 1.13 bits per heavy atom. The summed E-state index contributed by atoms with van der Waals surface area (Å²) in [5.41, 5.74) is 3.37.